The molecule has 0 atom stereocenters. The molecule has 6 heteroatoms. The molecule has 0 fully saturated rings. The van der Waals surface area contributed by atoms with Crippen LogP contribution in [0.1, 0.15) is 12.6 Å². The van der Waals surface area contributed by atoms with Crippen molar-refractivity contribution in [3.8, 4) is 0 Å². The lowest BCUT2D eigenvalue weighted by Crippen LogP contribution is -2.07. The highest BCUT2D eigenvalue weighted by Gasteiger charge is 2.16. The van der Waals surface area contributed by atoms with Gasteiger partial charge in [0, 0.05) is 18.5 Å². The summed E-state index contributed by atoms with van der Waals surface area (Å²) in [5.74, 6) is -1.12. The van der Waals surface area contributed by atoms with E-state index in [0.29, 0.717) is 11.1 Å². The number of amidine groups is 1. The van der Waals surface area contributed by atoms with Gasteiger partial charge in [-0.25, -0.2) is 13.8 Å². The Morgan fingerprint density at radius 1 is 1.45 bits per heavy atom. The van der Waals surface area contributed by atoms with E-state index in [0.717, 1.165) is 6.07 Å². The van der Waals surface area contributed by atoms with Gasteiger partial charge in [0.2, 0.25) is 0 Å². The van der Waals surface area contributed by atoms with Crippen molar-refractivity contribution in [1.82, 2.24) is 9.78 Å². The van der Waals surface area contributed by atoms with Gasteiger partial charge in [-0.15, -0.1) is 0 Å². The SMILES string of the molecule is C=C(/N=C(N)\C=C/C)c1nn(C)c2c(F)cc(F)cc12. The van der Waals surface area contributed by atoms with Gasteiger partial charge in [-0.05, 0) is 19.1 Å². The van der Waals surface area contributed by atoms with Crippen LogP contribution in [0.15, 0.2) is 35.9 Å². The van der Waals surface area contributed by atoms with Crippen LogP contribution in [0.4, 0.5) is 8.78 Å². The first-order valence-corrected chi connectivity index (χ1v) is 5.92. The van der Waals surface area contributed by atoms with E-state index in [4.69, 9.17) is 5.73 Å². The Balaban J connectivity index is 2.61. The van der Waals surface area contributed by atoms with Crippen LogP contribution < -0.4 is 5.73 Å². The summed E-state index contributed by atoms with van der Waals surface area (Å²) in [4.78, 5) is 4.05. The standard InChI is InChI=1S/C14H14F2N4/c1-4-5-12(17)18-8(2)13-10-6-9(15)7-11(16)14(10)20(3)19-13/h4-7H,2H2,1,3H3,(H2,17,18)/b5-4-. The number of benzene rings is 1. The summed E-state index contributed by atoms with van der Waals surface area (Å²) in [6, 6.07) is 2.02. The molecular weight excluding hydrogens is 262 g/mol. The van der Waals surface area contributed by atoms with Crippen LogP contribution in [-0.2, 0) is 7.05 Å². The molecule has 0 saturated carbocycles. The molecule has 1 heterocycles. The lowest BCUT2D eigenvalue weighted by molar-refractivity contribution is 0.586. The first kappa shape index (κ1) is 13.9. The minimum Gasteiger partial charge on any atom is -0.384 e. The molecule has 0 aliphatic rings. The normalized spacial score (nSPS) is 12.5. The number of rotatable bonds is 3. The molecule has 2 N–H and O–H groups in total. The zero-order valence-electron chi connectivity index (χ0n) is 11.2. The van der Waals surface area contributed by atoms with E-state index in [1.54, 1.807) is 26.1 Å². The van der Waals surface area contributed by atoms with Crippen molar-refractivity contribution in [2.24, 2.45) is 17.8 Å². The molecule has 0 spiro atoms. The Morgan fingerprint density at radius 3 is 2.80 bits per heavy atom. The zero-order chi connectivity index (χ0) is 14.9. The van der Waals surface area contributed by atoms with Gasteiger partial charge in [-0.1, -0.05) is 12.7 Å². The lowest BCUT2D eigenvalue weighted by Gasteiger charge is -1.98. The van der Waals surface area contributed by atoms with Crippen LogP contribution >= 0.6 is 0 Å². The van der Waals surface area contributed by atoms with Crippen LogP contribution in [0.2, 0.25) is 0 Å². The number of hydrogen-bond donors (Lipinski definition) is 1. The predicted octanol–water partition coefficient (Wildman–Crippen LogP) is 2.76. The summed E-state index contributed by atoms with van der Waals surface area (Å²) in [5, 5.41) is 4.44. The third-order valence-corrected chi connectivity index (χ3v) is 2.73. The second-order valence-corrected chi connectivity index (χ2v) is 4.24. The monoisotopic (exact) mass is 276 g/mol. The fourth-order valence-electron chi connectivity index (χ4n) is 1.96. The Labute approximate surface area is 114 Å². The van der Waals surface area contributed by atoms with E-state index in [2.05, 4.69) is 16.7 Å². The minimum absolute atomic E-state index is 0.197. The summed E-state index contributed by atoms with van der Waals surface area (Å²) in [5.41, 5.74) is 6.40. The molecule has 0 aliphatic heterocycles. The number of hydrogen-bond acceptors (Lipinski definition) is 2. The third-order valence-electron chi connectivity index (χ3n) is 2.73. The molecule has 1 aromatic heterocycles. The highest BCUT2D eigenvalue weighted by Crippen LogP contribution is 2.27. The van der Waals surface area contributed by atoms with E-state index < -0.39 is 11.6 Å². The second kappa shape index (κ2) is 5.24. The highest BCUT2D eigenvalue weighted by molar-refractivity contribution is 5.98. The smallest absolute Gasteiger partial charge is 0.152 e. The van der Waals surface area contributed by atoms with Crippen LogP contribution in [-0.4, -0.2) is 15.6 Å². The maximum Gasteiger partial charge on any atom is 0.152 e. The van der Waals surface area contributed by atoms with Crippen molar-refractivity contribution in [3.63, 3.8) is 0 Å². The summed E-state index contributed by atoms with van der Waals surface area (Å²) < 4.78 is 28.4. The van der Waals surface area contributed by atoms with Crippen molar-refractivity contribution in [2.45, 2.75) is 6.92 Å². The summed E-state index contributed by atoms with van der Waals surface area (Å²) in [7, 11) is 1.57. The number of aliphatic imine (C=N–C) groups is 1. The molecule has 0 bridgehead atoms. The van der Waals surface area contributed by atoms with Gasteiger partial charge in [-0.2, -0.15) is 5.10 Å². The molecule has 0 saturated heterocycles. The minimum atomic E-state index is -0.681. The molecule has 2 rings (SSSR count). The van der Waals surface area contributed by atoms with E-state index in [1.807, 2.05) is 0 Å². The molecule has 104 valence electrons. The highest BCUT2D eigenvalue weighted by atomic mass is 19.1. The Kier molecular flexibility index (Phi) is 3.65. The zero-order valence-corrected chi connectivity index (χ0v) is 11.2. The molecule has 0 amide bonds. The summed E-state index contributed by atoms with van der Waals surface area (Å²) in [6.07, 6.45) is 3.32. The van der Waals surface area contributed by atoms with Gasteiger partial charge < -0.3 is 5.73 Å². The van der Waals surface area contributed by atoms with Crippen LogP contribution in [0, 0.1) is 11.6 Å². The second-order valence-electron chi connectivity index (χ2n) is 4.24. The molecular formula is C14H14F2N4. The van der Waals surface area contributed by atoms with Gasteiger partial charge in [0.25, 0.3) is 0 Å². The van der Waals surface area contributed by atoms with Crippen LogP contribution in [0.5, 0.6) is 0 Å². The van der Waals surface area contributed by atoms with E-state index >= 15 is 0 Å². The number of aryl methyl sites for hydroxylation is 1. The molecule has 0 unspecified atom stereocenters. The Morgan fingerprint density at radius 2 is 2.15 bits per heavy atom. The van der Waals surface area contributed by atoms with Gasteiger partial charge >= 0.3 is 0 Å². The number of nitrogens with zero attached hydrogens (tertiary/aromatic N) is 3. The Hall–Kier alpha value is -2.50. The van der Waals surface area contributed by atoms with Gasteiger partial charge in [-0.3, -0.25) is 4.68 Å². The number of halogens is 2. The molecule has 1 aromatic carbocycles. The van der Waals surface area contributed by atoms with E-state index in [-0.39, 0.29) is 17.0 Å². The average Bonchev–Trinajstić information content (AvgIpc) is 2.66. The average molecular weight is 276 g/mol. The molecule has 20 heavy (non-hydrogen) atoms. The van der Waals surface area contributed by atoms with Gasteiger partial charge in [0.1, 0.15) is 22.9 Å². The molecule has 0 radical (unpaired) electrons. The van der Waals surface area contributed by atoms with Gasteiger partial charge in [0.05, 0.1) is 5.70 Å². The van der Waals surface area contributed by atoms with Crippen LogP contribution in [0.3, 0.4) is 0 Å². The molecule has 4 nitrogen and oxygen atoms in total. The Bertz CT molecular complexity index is 741. The van der Waals surface area contributed by atoms with Crippen LogP contribution in [0.25, 0.3) is 16.6 Å². The van der Waals surface area contributed by atoms with Crippen molar-refractivity contribution < 1.29 is 8.78 Å². The van der Waals surface area contributed by atoms with Crippen molar-refractivity contribution in [2.75, 3.05) is 0 Å². The maximum absolute atomic E-state index is 13.8. The predicted molar refractivity (Wildman–Crippen MR) is 76.1 cm³/mol. The first-order valence-electron chi connectivity index (χ1n) is 5.92. The third kappa shape index (κ3) is 2.45. The topological polar surface area (TPSA) is 56.2 Å². The molecule has 2 aromatic rings. The van der Waals surface area contributed by atoms with Crippen molar-refractivity contribution >= 4 is 22.4 Å². The maximum atomic E-state index is 13.8. The largest absolute Gasteiger partial charge is 0.384 e. The summed E-state index contributed by atoms with van der Waals surface area (Å²) in [6.45, 7) is 5.55. The number of nitrogens with two attached hydrogens (primary N) is 1. The number of allylic oxidation sites excluding steroid dienone is 1. The number of fused-ring (bicyclic) bond motifs is 1. The first-order chi connectivity index (χ1) is 9.43. The summed E-state index contributed by atoms with van der Waals surface area (Å²) >= 11 is 0. The van der Waals surface area contributed by atoms with Crippen molar-refractivity contribution in [3.05, 3.63) is 48.2 Å². The van der Waals surface area contributed by atoms with E-state index in [9.17, 15) is 8.78 Å². The molecule has 0 aliphatic carbocycles. The quantitative estimate of drug-likeness (QED) is 0.692. The van der Waals surface area contributed by atoms with Crippen molar-refractivity contribution in [1.29, 1.82) is 0 Å². The van der Waals surface area contributed by atoms with E-state index in [1.165, 1.54) is 10.7 Å². The fourth-order valence-corrected chi connectivity index (χ4v) is 1.96. The van der Waals surface area contributed by atoms with Gasteiger partial charge in [0.15, 0.2) is 5.82 Å². The lowest BCUT2D eigenvalue weighted by atomic mass is 10.1. The fraction of sp³-hybridized carbons (Fsp3) is 0.143. The number of aromatic nitrogens is 2.